The summed E-state index contributed by atoms with van der Waals surface area (Å²) in [6, 6.07) is 7.62. The molecule has 0 atom stereocenters. The summed E-state index contributed by atoms with van der Waals surface area (Å²) in [4.78, 5) is 16.3. The van der Waals surface area contributed by atoms with Crippen molar-refractivity contribution in [1.82, 2.24) is 4.98 Å². The molecule has 0 radical (unpaired) electrons. The Hall–Kier alpha value is -1.95. The molecule has 4 nitrogen and oxygen atoms in total. The molecule has 1 amide bonds. The number of benzene rings is 1. The molecule has 1 aromatic heterocycles. The van der Waals surface area contributed by atoms with Crippen molar-refractivity contribution in [2.24, 2.45) is 0 Å². The monoisotopic (exact) mass is 352 g/mol. The molecule has 6 heteroatoms. The number of amides is 1. The van der Waals surface area contributed by atoms with Crippen LogP contribution in [0.2, 0.25) is 0 Å². The lowest BCUT2D eigenvalue weighted by molar-refractivity contribution is 0.102. The fourth-order valence-electron chi connectivity index (χ4n) is 1.80. The number of carbonyl (C=O) groups excluding carboxylic acids is 1. The number of halogens is 2. The van der Waals surface area contributed by atoms with Crippen molar-refractivity contribution < 1.29 is 13.9 Å². The third-order valence-electron chi connectivity index (χ3n) is 2.67. The summed E-state index contributed by atoms with van der Waals surface area (Å²) in [5, 5.41) is 2.62. The average molecular weight is 353 g/mol. The number of anilines is 1. The van der Waals surface area contributed by atoms with Crippen LogP contribution in [-0.2, 0) is 0 Å². The minimum atomic E-state index is -0.474. The first kappa shape index (κ1) is 15.4. The maximum Gasteiger partial charge on any atom is 0.274 e. The molecule has 0 aliphatic heterocycles. The van der Waals surface area contributed by atoms with E-state index in [2.05, 4.69) is 26.2 Å². The van der Waals surface area contributed by atoms with Gasteiger partial charge in [0.1, 0.15) is 11.5 Å². The molecule has 0 spiro atoms. The predicted octanol–water partition coefficient (Wildman–Crippen LogP) is 3.94. The summed E-state index contributed by atoms with van der Waals surface area (Å²) in [6.45, 7) is 4.00. The standard InChI is InChI=1S/C15H14BrFN2O2/c1-3-21-14-11(16)7-10(17)8-13(14)19-15(20)12-6-4-5-9(2)18-12/h4-8H,3H2,1-2H3,(H,19,20). The number of carbonyl (C=O) groups is 1. The van der Waals surface area contributed by atoms with Crippen LogP contribution in [-0.4, -0.2) is 17.5 Å². The minimum Gasteiger partial charge on any atom is -0.491 e. The zero-order valence-electron chi connectivity index (χ0n) is 11.6. The van der Waals surface area contributed by atoms with Gasteiger partial charge in [-0.05, 0) is 48.0 Å². The van der Waals surface area contributed by atoms with Crippen molar-refractivity contribution in [1.29, 1.82) is 0 Å². The van der Waals surface area contributed by atoms with Gasteiger partial charge in [-0.3, -0.25) is 4.79 Å². The highest BCUT2D eigenvalue weighted by atomic mass is 79.9. The Morgan fingerprint density at radius 3 is 2.86 bits per heavy atom. The van der Waals surface area contributed by atoms with Gasteiger partial charge in [0.2, 0.25) is 0 Å². The van der Waals surface area contributed by atoms with E-state index in [0.29, 0.717) is 16.8 Å². The molecule has 0 bridgehead atoms. The Labute approximate surface area is 130 Å². The van der Waals surface area contributed by atoms with Crippen LogP contribution in [0, 0.1) is 12.7 Å². The number of hydrogen-bond acceptors (Lipinski definition) is 3. The lowest BCUT2D eigenvalue weighted by Gasteiger charge is -2.13. The van der Waals surface area contributed by atoms with E-state index < -0.39 is 11.7 Å². The molecule has 2 rings (SSSR count). The van der Waals surface area contributed by atoms with Crippen LogP contribution in [0.25, 0.3) is 0 Å². The average Bonchev–Trinajstić information content (AvgIpc) is 2.42. The molecular weight excluding hydrogens is 339 g/mol. The Balaban J connectivity index is 2.32. The second kappa shape index (κ2) is 6.67. The van der Waals surface area contributed by atoms with E-state index in [1.807, 2.05) is 6.92 Å². The number of ether oxygens (including phenoxy) is 1. The number of rotatable bonds is 4. The Morgan fingerprint density at radius 2 is 2.19 bits per heavy atom. The van der Waals surface area contributed by atoms with Crippen molar-refractivity contribution >= 4 is 27.5 Å². The van der Waals surface area contributed by atoms with E-state index in [-0.39, 0.29) is 11.4 Å². The van der Waals surface area contributed by atoms with Crippen LogP contribution in [0.15, 0.2) is 34.8 Å². The third kappa shape index (κ3) is 3.78. The lowest BCUT2D eigenvalue weighted by atomic mass is 10.2. The zero-order valence-corrected chi connectivity index (χ0v) is 13.2. The smallest absolute Gasteiger partial charge is 0.274 e. The number of pyridine rings is 1. The molecule has 2 aromatic rings. The molecule has 0 saturated carbocycles. The van der Waals surface area contributed by atoms with Gasteiger partial charge in [-0.2, -0.15) is 0 Å². The quantitative estimate of drug-likeness (QED) is 0.906. The summed E-state index contributed by atoms with van der Waals surface area (Å²) in [5.41, 5.74) is 1.25. The van der Waals surface area contributed by atoms with Crippen molar-refractivity contribution in [2.45, 2.75) is 13.8 Å². The highest BCUT2D eigenvalue weighted by Gasteiger charge is 2.15. The minimum absolute atomic E-state index is 0.261. The molecule has 0 fully saturated rings. The highest BCUT2D eigenvalue weighted by molar-refractivity contribution is 9.10. The van der Waals surface area contributed by atoms with Gasteiger partial charge in [-0.1, -0.05) is 6.07 Å². The van der Waals surface area contributed by atoms with Crippen molar-refractivity contribution in [2.75, 3.05) is 11.9 Å². The topological polar surface area (TPSA) is 51.2 Å². The van der Waals surface area contributed by atoms with Crippen molar-refractivity contribution in [3.05, 3.63) is 52.0 Å². The summed E-state index contributed by atoms with van der Waals surface area (Å²) in [6.07, 6.45) is 0. The molecule has 0 aliphatic carbocycles. The van der Waals surface area contributed by atoms with Gasteiger partial charge >= 0.3 is 0 Å². The van der Waals surface area contributed by atoms with Crippen LogP contribution in [0.1, 0.15) is 23.1 Å². The van der Waals surface area contributed by atoms with Gasteiger partial charge in [0, 0.05) is 11.8 Å². The summed E-state index contributed by atoms with van der Waals surface area (Å²) < 4.78 is 19.4. The Morgan fingerprint density at radius 1 is 1.43 bits per heavy atom. The number of nitrogens with one attached hydrogen (secondary N) is 1. The molecule has 21 heavy (non-hydrogen) atoms. The fourth-order valence-corrected chi connectivity index (χ4v) is 2.35. The predicted molar refractivity (Wildman–Crippen MR) is 82.2 cm³/mol. The normalized spacial score (nSPS) is 10.3. The second-order valence-electron chi connectivity index (χ2n) is 4.32. The second-order valence-corrected chi connectivity index (χ2v) is 5.17. The summed E-state index contributed by atoms with van der Waals surface area (Å²) in [7, 11) is 0. The Bertz CT molecular complexity index is 677. The first-order chi connectivity index (χ1) is 10.0. The van der Waals surface area contributed by atoms with Crippen LogP contribution < -0.4 is 10.1 Å². The molecular formula is C15H14BrFN2O2. The number of aryl methyl sites for hydroxylation is 1. The van der Waals surface area contributed by atoms with Crippen molar-refractivity contribution in [3.8, 4) is 5.75 Å². The number of aromatic nitrogens is 1. The number of nitrogens with zero attached hydrogens (tertiary/aromatic N) is 1. The SMILES string of the molecule is CCOc1c(Br)cc(F)cc1NC(=O)c1cccc(C)n1. The fraction of sp³-hybridized carbons (Fsp3) is 0.200. The highest BCUT2D eigenvalue weighted by Crippen LogP contribution is 2.34. The maximum absolute atomic E-state index is 13.5. The van der Waals surface area contributed by atoms with Crippen LogP contribution in [0.5, 0.6) is 5.75 Å². The van der Waals surface area contributed by atoms with E-state index in [1.165, 1.54) is 12.1 Å². The van der Waals surface area contributed by atoms with Crippen LogP contribution in [0.4, 0.5) is 10.1 Å². The van der Waals surface area contributed by atoms with Crippen molar-refractivity contribution in [3.63, 3.8) is 0 Å². The molecule has 0 aliphatic rings. The third-order valence-corrected chi connectivity index (χ3v) is 3.26. The lowest BCUT2D eigenvalue weighted by Crippen LogP contribution is -2.15. The first-order valence-electron chi connectivity index (χ1n) is 6.38. The summed E-state index contributed by atoms with van der Waals surface area (Å²) >= 11 is 3.22. The largest absolute Gasteiger partial charge is 0.491 e. The molecule has 1 aromatic carbocycles. The van der Waals surface area contributed by atoms with E-state index >= 15 is 0 Å². The van der Waals surface area contributed by atoms with Gasteiger partial charge in [-0.15, -0.1) is 0 Å². The Kier molecular flexibility index (Phi) is 4.90. The molecule has 0 saturated heterocycles. The van der Waals surface area contributed by atoms with Crippen LogP contribution in [0.3, 0.4) is 0 Å². The zero-order chi connectivity index (χ0) is 15.4. The van der Waals surface area contributed by atoms with Gasteiger partial charge in [-0.25, -0.2) is 9.37 Å². The molecule has 110 valence electrons. The maximum atomic E-state index is 13.5. The first-order valence-corrected chi connectivity index (χ1v) is 7.17. The molecule has 1 heterocycles. The van der Waals surface area contributed by atoms with Gasteiger partial charge in [0.05, 0.1) is 16.8 Å². The van der Waals surface area contributed by atoms with Gasteiger partial charge in [0.25, 0.3) is 5.91 Å². The van der Waals surface area contributed by atoms with Crippen LogP contribution >= 0.6 is 15.9 Å². The summed E-state index contributed by atoms with van der Waals surface area (Å²) in [5.74, 6) is -0.505. The van der Waals surface area contributed by atoms with E-state index in [9.17, 15) is 9.18 Å². The van der Waals surface area contributed by atoms with Gasteiger partial charge < -0.3 is 10.1 Å². The van der Waals surface area contributed by atoms with Gasteiger partial charge in [0.15, 0.2) is 5.75 Å². The van der Waals surface area contributed by atoms with E-state index in [1.54, 1.807) is 25.1 Å². The van der Waals surface area contributed by atoms with E-state index in [0.717, 1.165) is 5.69 Å². The van der Waals surface area contributed by atoms with E-state index in [4.69, 9.17) is 4.74 Å². The number of hydrogen-bond donors (Lipinski definition) is 1. The molecule has 0 unspecified atom stereocenters. The molecule has 1 N–H and O–H groups in total.